The zero-order valence-corrected chi connectivity index (χ0v) is 19.0. The number of halogens is 1. The van der Waals surface area contributed by atoms with Crippen LogP contribution in [-0.2, 0) is 0 Å². The van der Waals surface area contributed by atoms with Gasteiger partial charge in [-0.2, -0.15) is 9.90 Å². The molecule has 0 aliphatic rings. The van der Waals surface area contributed by atoms with Gasteiger partial charge in [-0.3, -0.25) is 0 Å². The molecule has 0 rings (SSSR count). The summed E-state index contributed by atoms with van der Waals surface area (Å²) in [6.45, 7) is 4.59. The van der Waals surface area contributed by atoms with E-state index in [0.29, 0.717) is 0 Å². The Kier molecular flexibility index (Phi) is 33.8. The van der Waals surface area contributed by atoms with Crippen LogP contribution in [0.1, 0.15) is 129 Å². The SMILES string of the molecule is Br.CCCCCCCCCCCCCCCCCCCC.P. The molecule has 0 aromatic rings. The molecule has 0 nitrogen and oxygen atoms in total. The molecule has 0 N–H and O–H groups in total. The predicted octanol–water partition coefficient (Wildman–Crippen LogP) is 8.68. The van der Waals surface area contributed by atoms with Gasteiger partial charge in [0.25, 0.3) is 0 Å². The van der Waals surface area contributed by atoms with Gasteiger partial charge < -0.3 is 0 Å². The summed E-state index contributed by atoms with van der Waals surface area (Å²) in [6, 6.07) is 0. The van der Waals surface area contributed by atoms with Gasteiger partial charge in [-0.05, 0) is 0 Å². The Hall–Kier alpha value is 0.910. The number of rotatable bonds is 17. The van der Waals surface area contributed by atoms with E-state index < -0.39 is 0 Å². The molecule has 0 radical (unpaired) electrons. The number of unbranched alkanes of at least 4 members (excludes halogenated alkanes) is 17. The zero-order valence-electron chi connectivity index (χ0n) is 15.8. The van der Waals surface area contributed by atoms with Crippen LogP contribution >= 0.6 is 26.9 Å². The van der Waals surface area contributed by atoms with Crippen LogP contribution in [0.3, 0.4) is 0 Å². The van der Waals surface area contributed by atoms with E-state index >= 15 is 0 Å². The molecule has 1 unspecified atom stereocenters. The van der Waals surface area contributed by atoms with Crippen LogP contribution in [0.5, 0.6) is 0 Å². The number of hydrogen-bond donors (Lipinski definition) is 0. The fraction of sp³-hybridized carbons (Fsp3) is 1.00. The molecular formula is C20H46BrP. The van der Waals surface area contributed by atoms with Crippen molar-refractivity contribution in [3.05, 3.63) is 0 Å². The highest BCUT2D eigenvalue weighted by atomic mass is 79.9. The fourth-order valence-electron chi connectivity index (χ4n) is 2.97. The van der Waals surface area contributed by atoms with Crippen molar-refractivity contribution < 1.29 is 0 Å². The van der Waals surface area contributed by atoms with Crippen molar-refractivity contribution in [3.8, 4) is 0 Å². The highest BCUT2D eigenvalue weighted by Gasteiger charge is 1.94. The lowest BCUT2D eigenvalue weighted by Crippen LogP contribution is -1.83. The molecule has 0 saturated carbocycles. The molecule has 0 aromatic heterocycles. The molecule has 0 fully saturated rings. The first kappa shape index (κ1) is 27.7. The van der Waals surface area contributed by atoms with Crippen LogP contribution in [-0.4, -0.2) is 0 Å². The van der Waals surface area contributed by atoms with Crippen molar-refractivity contribution in [1.82, 2.24) is 0 Å². The lowest BCUT2D eigenvalue weighted by Gasteiger charge is -2.03. The standard InChI is InChI=1S/C20H42.BrH.H3P/c1-3-5-7-9-11-13-15-17-19-20-18-16-14-12-10-8-6-4-2;;/h3-20H2,1-2H3;1H;1H3. The van der Waals surface area contributed by atoms with E-state index in [9.17, 15) is 0 Å². The molecule has 0 heterocycles. The first-order chi connectivity index (χ1) is 9.91. The Bertz CT molecular complexity index is 144. The zero-order chi connectivity index (χ0) is 14.7. The molecule has 0 aliphatic heterocycles. The van der Waals surface area contributed by atoms with Crippen LogP contribution in [0.25, 0.3) is 0 Å². The highest BCUT2D eigenvalue weighted by molar-refractivity contribution is 8.93. The average Bonchev–Trinajstić information content (AvgIpc) is 2.47. The summed E-state index contributed by atoms with van der Waals surface area (Å²) in [5.41, 5.74) is 0. The second-order valence-electron chi connectivity index (χ2n) is 6.66. The van der Waals surface area contributed by atoms with Crippen molar-refractivity contribution in [2.45, 2.75) is 129 Å². The summed E-state index contributed by atoms with van der Waals surface area (Å²) in [4.78, 5) is 0. The molecule has 138 valence electrons. The van der Waals surface area contributed by atoms with E-state index in [0.717, 1.165) is 0 Å². The van der Waals surface area contributed by atoms with Crippen molar-refractivity contribution in [1.29, 1.82) is 0 Å². The van der Waals surface area contributed by atoms with Crippen LogP contribution < -0.4 is 0 Å². The minimum Gasteiger partial charge on any atom is -0.153 e. The Labute approximate surface area is 156 Å². The quantitative estimate of drug-likeness (QED) is 0.170. The Balaban J connectivity index is -0.00000180. The number of hydrogen-bond acceptors (Lipinski definition) is 0. The molecule has 0 saturated heterocycles. The van der Waals surface area contributed by atoms with Crippen molar-refractivity contribution >= 4 is 26.9 Å². The van der Waals surface area contributed by atoms with Gasteiger partial charge in [0.05, 0.1) is 0 Å². The van der Waals surface area contributed by atoms with Gasteiger partial charge in [0.1, 0.15) is 0 Å². The van der Waals surface area contributed by atoms with E-state index in [-0.39, 0.29) is 26.9 Å². The lowest BCUT2D eigenvalue weighted by atomic mass is 10.0. The molecule has 0 amide bonds. The lowest BCUT2D eigenvalue weighted by molar-refractivity contribution is 0.526. The maximum absolute atomic E-state index is 2.30. The third kappa shape index (κ3) is 25.8. The molecule has 2 heteroatoms. The molecule has 0 aromatic carbocycles. The normalized spacial score (nSPS) is 10.1. The van der Waals surface area contributed by atoms with Crippen molar-refractivity contribution in [2.75, 3.05) is 0 Å². The first-order valence-electron chi connectivity index (χ1n) is 9.91. The first-order valence-corrected chi connectivity index (χ1v) is 9.91. The van der Waals surface area contributed by atoms with Gasteiger partial charge in [-0.15, -0.1) is 17.0 Å². The topological polar surface area (TPSA) is 0 Å². The Morgan fingerprint density at radius 1 is 0.318 bits per heavy atom. The molecule has 0 bridgehead atoms. The summed E-state index contributed by atoms with van der Waals surface area (Å²) in [7, 11) is 0. The van der Waals surface area contributed by atoms with Crippen LogP contribution in [0, 0.1) is 0 Å². The summed E-state index contributed by atoms with van der Waals surface area (Å²) < 4.78 is 0. The maximum Gasteiger partial charge on any atom is -0.0533 e. The second-order valence-corrected chi connectivity index (χ2v) is 6.66. The van der Waals surface area contributed by atoms with E-state index in [2.05, 4.69) is 13.8 Å². The van der Waals surface area contributed by atoms with Gasteiger partial charge in [-0.1, -0.05) is 129 Å². The summed E-state index contributed by atoms with van der Waals surface area (Å²) >= 11 is 0. The molecule has 0 aliphatic carbocycles. The molecule has 22 heavy (non-hydrogen) atoms. The van der Waals surface area contributed by atoms with E-state index in [1.54, 1.807) is 0 Å². The van der Waals surface area contributed by atoms with Gasteiger partial charge in [-0.25, -0.2) is 0 Å². The predicted molar refractivity (Wildman–Crippen MR) is 116 cm³/mol. The molecular weight excluding hydrogens is 351 g/mol. The largest absolute Gasteiger partial charge is 0.153 e. The molecule has 1 atom stereocenters. The minimum absolute atomic E-state index is 0. The summed E-state index contributed by atoms with van der Waals surface area (Å²) in [5.74, 6) is 0. The average molecular weight is 397 g/mol. The van der Waals surface area contributed by atoms with Crippen LogP contribution in [0.4, 0.5) is 0 Å². The molecule has 0 spiro atoms. The van der Waals surface area contributed by atoms with Gasteiger partial charge in [0.2, 0.25) is 0 Å². The highest BCUT2D eigenvalue weighted by Crippen LogP contribution is 2.14. The van der Waals surface area contributed by atoms with E-state index in [1.807, 2.05) is 0 Å². The van der Waals surface area contributed by atoms with Crippen LogP contribution in [0.2, 0.25) is 0 Å². The minimum atomic E-state index is 0. The maximum atomic E-state index is 2.30. The van der Waals surface area contributed by atoms with E-state index in [4.69, 9.17) is 0 Å². The monoisotopic (exact) mass is 396 g/mol. The second kappa shape index (κ2) is 26.8. The Morgan fingerprint density at radius 3 is 0.591 bits per heavy atom. The third-order valence-electron chi connectivity index (χ3n) is 4.46. The fourth-order valence-corrected chi connectivity index (χ4v) is 2.97. The smallest absolute Gasteiger partial charge is 0.0533 e. The van der Waals surface area contributed by atoms with Gasteiger partial charge in [0.15, 0.2) is 0 Å². The third-order valence-corrected chi connectivity index (χ3v) is 4.46. The van der Waals surface area contributed by atoms with E-state index in [1.165, 1.54) is 116 Å². The van der Waals surface area contributed by atoms with Crippen LogP contribution in [0.15, 0.2) is 0 Å². The Morgan fingerprint density at radius 2 is 0.455 bits per heavy atom. The summed E-state index contributed by atoms with van der Waals surface area (Å²) in [5, 5.41) is 0. The van der Waals surface area contributed by atoms with Crippen molar-refractivity contribution in [3.63, 3.8) is 0 Å². The van der Waals surface area contributed by atoms with Crippen molar-refractivity contribution in [2.24, 2.45) is 0 Å². The van der Waals surface area contributed by atoms with Gasteiger partial charge >= 0.3 is 0 Å². The summed E-state index contributed by atoms with van der Waals surface area (Å²) in [6.07, 6.45) is 26.4. The van der Waals surface area contributed by atoms with Gasteiger partial charge in [0, 0.05) is 0 Å².